The molecule has 0 bridgehead atoms. The normalized spacial score (nSPS) is 12.3. The third kappa shape index (κ3) is 5.06. The Kier molecular flexibility index (Phi) is 6.31. The van der Waals surface area contributed by atoms with Gasteiger partial charge in [-0.25, -0.2) is 14.2 Å². The summed E-state index contributed by atoms with van der Waals surface area (Å²) in [5.41, 5.74) is 1.23. The summed E-state index contributed by atoms with van der Waals surface area (Å²) in [4.78, 5) is 20.7. The number of halogens is 4. The number of amides is 2. The maximum absolute atomic E-state index is 14.0. The van der Waals surface area contributed by atoms with Crippen molar-refractivity contribution in [3.05, 3.63) is 108 Å². The largest absolute Gasteiger partial charge is 0.416 e. The zero-order chi connectivity index (χ0) is 24.3. The molecule has 0 radical (unpaired) electrons. The smallest absolute Gasteiger partial charge is 0.326 e. The van der Waals surface area contributed by atoms with Gasteiger partial charge < -0.3 is 15.2 Å². The van der Waals surface area contributed by atoms with E-state index in [1.807, 2.05) is 22.8 Å². The molecule has 0 aliphatic rings. The van der Waals surface area contributed by atoms with E-state index in [1.54, 1.807) is 50.2 Å². The first-order valence-electron chi connectivity index (χ1n) is 10.1. The fourth-order valence-corrected chi connectivity index (χ4v) is 3.52. The van der Waals surface area contributed by atoms with Crippen molar-refractivity contribution < 1.29 is 22.4 Å². The number of benzene rings is 2. The molecule has 6 nitrogen and oxygen atoms in total. The van der Waals surface area contributed by atoms with Crippen LogP contribution in [0.1, 0.15) is 28.3 Å². The lowest BCUT2D eigenvalue weighted by Crippen LogP contribution is -2.21. The average molecular weight is 469 g/mol. The van der Waals surface area contributed by atoms with Crippen LogP contribution in [0.4, 0.5) is 33.7 Å². The van der Waals surface area contributed by atoms with Gasteiger partial charge >= 0.3 is 12.2 Å². The topological polar surface area (TPSA) is 71.8 Å². The van der Waals surface area contributed by atoms with Gasteiger partial charge in [-0.2, -0.15) is 13.2 Å². The van der Waals surface area contributed by atoms with Gasteiger partial charge in [-0.15, -0.1) is 0 Å². The number of nitrogens with zero attached hydrogens (tertiary/aromatic N) is 3. The molecule has 1 unspecified atom stereocenters. The number of aryl methyl sites for hydroxylation is 1. The summed E-state index contributed by atoms with van der Waals surface area (Å²) in [6.45, 7) is 1.77. The highest BCUT2D eigenvalue weighted by molar-refractivity contribution is 6.00. The number of rotatable bonds is 5. The van der Waals surface area contributed by atoms with Crippen LogP contribution in [0.2, 0.25) is 0 Å². The summed E-state index contributed by atoms with van der Waals surface area (Å²) < 4.78 is 54.8. The van der Waals surface area contributed by atoms with Gasteiger partial charge in [0.25, 0.3) is 0 Å². The molecule has 10 heteroatoms. The summed E-state index contributed by atoms with van der Waals surface area (Å²) in [6.07, 6.45) is 3.80. The molecule has 2 N–H and O–H groups in total. The fourth-order valence-electron chi connectivity index (χ4n) is 3.52. The number of aromatic nitrogens is 3. The highest BCUT2D eigenvalue weighted by Crippen LogP contribution is 2.32. The fraction of sp³-hybridized carbons (Fsp3) is 0.125. The van der Waals surface area contributed by atoms with E-state index >= 15 is 0 Å². The standard InChI is InChI=1S/C24H19F4N5O/c1-15-2-3-17(22(33-11-10-30-14-33)16-6-8-29-9-7-16)12-20(15)31-23(34)32-21-13-18(24(26,27)28)4-5-19(21)25/h2-14,22H,1H3,(H2,31,32,34). The number of pyridine rings is 1. The highest BCUT2D eigenvalue weighted by Gasteiger charge is 2.31. The molecule has 1 atom stereocenters. The molecular weight excluding hydrogens is 450 g/mol. The Labute approximate surface area is 192 Å². The molecule has 4 rings (SSSR count). The molecule has 2 amide bonds. The van der Waals surface area contributed by atoms with Crippen molar-refractivity contribution in [3.8, 4) is 0 Å². The van der Waals surface area contributed by atoms with Crippen LogP contribution in [0, 0.1) is 12.7 Å². The van der Waals surface area contributed by atoms with Crippen LogP contribution in [0.15, 0.2) is 79.6 Å². The number of alkyl halides is 3. The molecule has 2 heterocycles. The van der Waals surface area contributed by atoms with Crippen molar-refractivity contribution in [1.82, 2.24) is 14.5 Å². The summed E-state index contributed by atoms with van der Waals surface area (Å²) in [6, 6.07) is 9.87. The van der Waals surface area contributed by atoms with Gasteiger partial charge in [0.2, 0.25) is 0 Å². The van der Waals surface area contributed by atoms with E-state index < -0.39 is 29.3 Å². The van der Waals surface area contributed by atoms with Gasteiger partial charge in [0.1, 0.15) is 5.82 Å². The SMILES string of the molecule is Cc1ccc(C(c2ccncc2)n2ccnc2)cc1NC(=O)Nc1cc(C(F)(F)F)ccc1F. The van der Waals surface area contributed by atoms with E-state index in [9.17, 15) is 22.4 Å². The van der Waals surface area contributed by atoms with Crippen molar-refractivity contribution in [3.63, 3.8) is 0 Å². The van der Waals surface area contributed by atoms with E-state index in [0.29, 0.717) is 29.4 Å². The number of imidazole rings is 1. The van der Waals surface area contributed by atoms with Gasteiger partial charge in [0.05, 0.1) is 23.6 Å². The van der Waals surface area contributed by atoms with Crippen molar-refractivity contribution in [2.24, 2.45) is 0 Å². The van der Waals surface area contributed by atoms with Crippen LogP contribution in [0.25, 0.3) is 0 Å². The second-order valence-corrected chi connectivity index (χ2v) is 7.54. The third-order valence-corrected chi connectivity index (χ3v) is 5.21. The Balaban J connectivity index is 1.61. The van der Waals surface area contributed by atoms with Gasteiger partial charge in [-0.05, 0) is 60.0 Å². The van der Waals surface area contributed by atoms with Crippen LogP contribution in [0.5, 0.6) is 0 Å². The highest BCUT2D eigenvalue weighted by atomic mass is 19.4. The molecule has 0 saturated heterocycles. The maximum atomic E-state index is 14.0. The van der Waals surface area contributed by atoms with Gasteiger partial charge in [-0.3, -0.25) is 4.98 Å². The predicted octanol–water partition coefficient (Wildman–Crippen LogP) is 6.03. The Bertz CT molecular complexity index is 1290. The van der Waals surface area contributed by atoms with Crippen LogP contribution in [-0.4, -0.2) is 20.6 Å². The lowest BCUT2D eigenvalue weighted by atomic mass is 9.97. The Hall–Kier alpha value is -4.21. The third-order valence-electron chi connectivity index (χ3n) is 5.21. The lowest BCUT2D eigenvalue weighted by molar-refractivity contribution is -0.137. The first kappa shape index (κ1) is 23.0. The van der Waals surface area contributed by atoms with Gasteiger partial charge in [0, 0.05) is 30.5 Å². The summed E-state index contributed by atoms with van der Waals surface area (Å²) in [5, 5.41) is 4.76. The van der Waals surface area contributed by atoms with E-state index in [1.165, 1.54) is 0 Å². The molecule has 2 aromatic heterocycles. The molecular formula is C24H19F4N5O. The van der Waals surface area contributed by atoms with E-state index in [4.69, 9.17) is 0 Å². The van der Waals surface area contributed by atoms with Gasteiger partial charge in [-0.1, -0.05) is 12.1 Å². The Morgan fingerprint density at radius 2 is 1.65 bits per heavy atom. The number of hydrogen-bond donors (Lipinski definition) is 2. The molecule has 0 aliphatic heterocycles. The molecule has 4 aromatic rings. The Morgan fingerprint density at radius 1 is 0.912 bits per heavy atom. The zero-order valence-electron chi connectivity index (χ0n) is 17.8. The van der Waals surface area contributed by atoms with E-state index in [2.05, 4.69) is 20.6 Å². The summed E-state index contributed by atoms with van der Waals surface area (Å²) in [5.74, 6) is -0.980. The van der Waals surface area contributed by atoms with Crippen molar-refractivity contribution >= 4 is 17.4 Å². The summed E-state index contributed by atoms with van der Waals surface area (Å²) in [7, 11) is 0. The molecule has 2 aromatic carbocycles. The van der Waals surface area contributed by atoms with Crippen LogP contribution < -0.4 is 10.6 Å². The minimum Gasteiger partial charge on any atom is -0.326 e. The maximum Gasteiger partial charge on any atom is 0.416 e. The minimum atomic E-state index is -4.67. The predicted molar refractivity (Wildman–Crippen MR) is 119 cm³/mol. The van der Waals surface area contributed by atoms with E-state index in [-0.39, 0.29) is 6.04 Å². The van der Waals surface area contributed by atoms with Crippen molar-refractivity contribution in [1.29, 1.82) is 0 Å². The first-order chi connectivity index (χ1) is 16.2. The van der Waals surface area contributed by atoms with Crippen molar-refractivity contribution in [2.45, 2.75) is 19.1 Å². The molecule has 0 fully saturated rings. The minimum absolute atomic E-state index is 0.268. The Morgan fingerprint density at radius 3 is 2.32 bits per heavy atom. The second kappa shape index (κ2) is 9.34. The first-order valence-corrected chi connectivity index (χ1v) is 10.1. The number of carbonyl (C=O) groups excluding carboxylic acids is 1. The van der Waals surface area contributed by atoms with Gasteiger partial charge in [0.15, 0.2) is 0 Å². The number of anilines is 2. The number of urea groups is 1. The van der Waals surface area contributed by atoms with Crippen LogP contribution in [0.3, 0.4) is 0 Å². The molecule has 0 aliphatic carbocycles. The summed E-state index contributed by atoms with van der Waals surface area (Å²) >= 11 is 0. The number of carbonyl (C=O) groups is 1. The van der Waals surface area contributed by atoms with Crippen molar-refractivity contribution in [2.75, 3.05) is 10.6 Å². The number of hydrogen-bond acceptors (Lipinski definition) is 3. The number of nitrogens with one attached hydrogen (secondary N) is 2. The average Bonchev–Trinajstić information content (AvgIpc) is 3.32. The zero-order valence-corrected chi connectivity index (χ0v) is 17.8. The molecule has 0 spiro atoms. The molecule has 34 heavy (non-hydrogen) atoms. The molecule has 0 saturated carbocycles. The van der Waals surface area contributed by atoms with Crippen LogP contribution in [-0.2, 0) is 6.18 Å². The van der Waals surface area contributed by atoms with Crippen LogP contribution >= 0.6 is 0 Å². The monoisotopic (exact) mass is 469 g/mol. The quantitative estimate of drug-likeness (QED) is 0.351. The lowest BCUT2D eigenvalue weighted by Gasteiger charge is -2.21. The van der Waals surface area contributed by atoms with E-state index in [0.717, 1.165) is 11.1 Å². The second-order valence-electron chi connectivity index (χ2n) is 7.54. The molecule has 174 valence electrons.